The maximum absolute atomic E-state index is 4.04. The van der Waals surface area contributed by atoms with E-state index in [9.17, 15) is 0 Å². The third kappa shape index (κ3) is 2.35. The number of imidazole rings is 1. The first-order valence-electron chi connectivity index (χ1n) is 5.58. The summed E-state index contributed by atoms with van der Waals surface area (Å²) in [4.78, 5) is 9.71. The Labute approximate surface area is 85.5 Å². The van der Waals surface area contributed by atoms with Gasteiger partial charge in [-0.05, 0) is 31.8 Å². The van der Waals surface area contributed by atoms with Gasteiger partial charge < -0.3 is 4.98 Å². The van der Waals surface area contributed by atoms with Crippen molar-refractivity contribution >= 4 is 0 Å². The first-order valence-corrected chi connectivity index (χ1v) is 5.58. The number of piperidine rings is 1. The third-order valence-electron chi connectivity index (χ3n) is 3.23. The molecule has 3 nitrogen and oxygen atoms in total. The van der Waals surface area contributed by atoms with Crippen molar-refractivity contribution in [2.75, 3.05) is 13.1 Å². The molecule has 1 fully saturated rings. The summed E-state index contributed by atoms with van der Waals surface area (Å²) >= 11 is 0. The van der Waals surface area contributed by atoms with Crippen LogP contribution in [0.15, 0.2) is 12.5 Å². The van der Waals surface area contributed by atoms with Crippen LogP contribution in [0.5, 0.6) is 0 Å². The van der Waals surface area contributed by atoms with Crippen molar-refractivity contribution in [3.63, 3.8) is 0 Å². The zero-order chi connectivity index (χ0) is 9.80. The molecule has 1 N–H and O–H groups in total. The Morgan fingerprint density at radius 1 is 1.50 bits per heavy atom. The second-order valence-corrected chi connectivity index (χ2v) is 4.20. The molecule has 2 rings (SSSR count). The molecule has 1 aromatic rings. The zero-order valence-electron chi connectivity index (χ0n) is 8.87. The standard InChI is InChI=1S/C11H19N3/c1-2-10-3-5-14(6-4-10)8-11-7-12-9-13-11/h7,9-10H,2-6,8H2,1H3,(H,12,13). The van der Waals surface area contributed by atoms with Gasteiger partial charge in [0.1, 0.15) is 0 Å². The molecule has 1 aliphatic heterocycles. The van der Waals surface area contributed by atoms with E-state index in [1.807, 2.05) is 6.20 Å². The lowest BCUT2D eigenvalue weighted by Gasteiger charge is -2.30. The molecule has 14 heavy (non-hydrogen) atoms. The van der Waals surface area contributed by atoms with E-state index in [2.05, 4.69) is 21.8 Å². The van der Waals surface area contributed by atoms with Gasteiger partial charge in [0.2, 0.25) is 0 Å². The summed E-state index contributed by atoms with van der Waals surface area (Å²) < 4.78 is 0. The highest BCUT2D eigenvalue weighted by molar-refractivity contribution is 4.94. The number of hydrogen-bond donors (Lipinski definition) is 1. The zero-order valence-corrected chi connectivity index (χ0v) is 8.87. The fourth-order valence-electron chi connectivity index (χ4n) is 2.16. The van der Waals surface area contributed by atoms with Gasteiger partial charge in [0.05, 0.1) is 6.33 Å². The Morgan fingerprint density at radius 2 is 2.29 bits per heavy atom. The Balaban J connectivity index is 1.79. The van der Waals surface area contributed by atoms with Crippen molar-refractivity contribution in [3.05, 3.63) is 18.2 Å². The van der Waals surface area contributed by atoms with E-state index in [1.165, 1.54) is 38.0 Å². The second-order valence-electron chi connectivity index (χ2n) is 4.20. The maximum atomic E-state index is 4.04. The fourth-order valence-corrected chi connectivity index (χ4v) is 2.16. The molecule has 0 bridgehead atoms. The quantitative estimate of drug-likeness (QED) is 0.796. The van der Waals surface area contributed by atoms with Crippen LogP contribution in [0.1, 0.15) is 31.9 Å². The smallest absolute Gasteiger partial charge is 0.0922 e. The predicted octanol–water partition coefficient (Wildman–Crippen LogP) is 2.03. The number of nitrogens with one attached hydrogen (secondary N) is 1. The lowest BCUT2D eigenvalue weighted by molar-refractivity contribution is 0.173. The SMILES string of the molecule is CCC1CCN(Cc2cnc[nH]2)CC1. The molecule has 0 amide bonds. The minimum Gasteiger partial charge on any atom is -0.347 e. The van der Waals surface area contributed by atoms with Gasteiger partial charge in [-0.1, -0.05) is 13.3 Å². The molecular weight excluding hydrogens is 174 g/mol. The molecule has 3 heteroatoms. The van der Waals surface area contributed by atoms with E-state index in [-0.39, 0.29) is 0 Å². The number of rotatable bonds is 3. The average Bonchev–Trinajstić information content (AvgIpc) is 2.72. The van der Waals surface area contributed by atoms with Gasteiger partial charge in [-0.15, -0.1) is 0 Å². The fraction of sp³-hybridized carbons (Fsp3) is 0.727. The van der Waals surface area contributed by atoms with Crippen LogP contribution < -0.4 is 0 Å². The van der Waals surface area contributed by atoms with Gasteiger partial charge in [-0.3, -0.25) is 4.90 Å². The topological polar surface area (TPSA) is 31.9 Å². The molecule has 0 atom stereocenters. The highest BCUT2D eigenvalue weighted by Crippen LogP contribution is 2.20. The van der Waals surface area contributed by atoms with E-state index in [1.54, 1.807) is 6.33 Å². The molecule has 1 aliphatic rings. The van der Waals surface area contributed by atoms with Crippen LogP contribution in [0.2, 0.25) is 0 Å². The Bertz CT molecular complexity index is 248. The number of likely N-dealkylation sites (tertiary alicyclic amines) is 1. The molecule has 0 aromatic carbocycles. The van der Waals surface area contributed by atoms with E-state index in [4.69, 9.17) is 0 Å². The first kappa shape index (κ1) is 9.71. The molecule has 0 aliphatic carbocycles. The van der Waals surface area contributed by atoms with E-state index in [0.717, 1.165) is 12.5 Å². The lowest BCUT2D eigenvalue weighted by atomic mass is 9.94. The largest absolute Gasteiger partial charge is 0.347 e. The van der Waals surface area contributed by atoms with Crippen molar-refractivity contribution in [2.45, 2.75) is 32.7 Å². The van der Waals surface area contributed by atoms with Crippen LogP contribution in [-0.2, 0) is 6.54 Å². The highest BCUT2D eigenvalue weighted by atomic mass is 15.1. The van der Waals surface area contributed by atoms with Crippen LogP contribution in [0.25, 0.3) is 0 Å². The average molecular weight is 193 g/mol. The van der Waals surface area contributed by atoms with Crippen LogP contribution in [0.4, 0.5) is 0 Å². The van der Waals surface area contributed by atoms with E-state index in [0.29, 0.717) is 0 Å². The molecule has 1 saturated heterocycles. The summed E-state index contributed by atoms with van der Waals surface area (Å²) in [5.41, 5.74) is 1.24. The van der Waals surface area contributed by atoms with Crippen molar-refractivity contribution in [2.24, 2.45) is 5.92 Å². The summed E-state index contributed by atoms with van der Waals surface area (Å²) in [7, 11) is 0. The summed E-state index contributed by atoms with van der Waals surface area (Å²) in [6.45, 7) is 5.83. The minimum absolute atomic E-state index is 0.966. The predicted molar refractivity (Wildman–Crippen MR) is 56.9 cm³/mol. The van der Waals surface area contributed by atoms with Crippen molar-refractivity contribution in [3.8, 4) is 0 Å². The summed E-state index contributed by atoms with van der Waals surface area (Å²) in [5.74, 6) is 0.966. The monoisotopic (exact) mass is 193 g/mol. The number of aromatic nitrogens is 2. The van der Waals surface area contributed by atoms with Gasteiger partial charge in [0, 0.05) is 18.4 Å². The molecule has 78 valence electrons. The minimum atomic E-state index is 0.966. The lowest BCUT2D eigenvalue weighted by Crippen LogP contribution is -2.33. The molecular formula is C11H19N3. The summed E-state index contributed by atoms with van der Waals surface area (Å²) in [6, 6.07) is 0. The molecule has 0 saturated carbocycles. The number of H-pyrrole nitrogens is 1. The van der Waals surface area contributed by atoms with Gasteiger partial charge in [0.15, 0.2) is 0 Å². The van der Waals surface area contributed by atoms with Crippen molar-refractivity contribution in [1.29, 1.82) is 0 Å². The Morgan fingerprint density at radius 3 is 2.86 bits per heavy atom. The number of nitrogens with zero attached hydrogens (tertiary/aromatic N) is 2. The van der Waals surface area contributed by atoms with Crippen LogP contribution in [-0.4, -0.2) is 28.0 Å². The van der Waals surface area contributed by atoms with Gasteiger partial charge in [-0.25, -0.2) is 4.98 Å². The molecule has 2 heterocycles. The molecule has 0 unspecified atom stereocenters. The van der Waals surface area contributed by atoms with E-state index < -0.39 is 0 Å². The van der Waals surface area contributed by atoms with Crippen molar-refractivity contribution in [1.82, 2.24) is 14.9 Å². The van der Waals surface area contributed by atoms with Gasteiger partial charge >= 0.3 is 0 Å². The molecule has 1 aromatic heterocycles. The molecule has 0 spiro atoms. The first-order chi connectivity index (χ1) is 6.88. The highest BCUT2D eigenvalue weighted by Gasteiger charge is 2.17. The van der Waals surface area contributed by atoms with Gasteiger partial charge in [-0.2, -0.15) is 0 Å². The van der Waals surface area contributed by atoms with Crippen LogP contribution in [0, 0.1) is 5.92 Å². The van der Waals surface area contributed by atoms with Crippen LogP contribution in [0.3, 0.4) is 0 Å². The maximum Gasteiger partial charge on any atom is 0.0922 e. The van der Waals surface area contributed by atoms with Crippen LogP contribution >= 0.6 is 0 Å². The second kappa shape index (κ2) is 4.60. The summed E-state index contributed by atoms with van der Waals surface area (Å²) in [5, 5.41) is 0. The number of aromatic amines is 1. The van der Waals surface area contributed by atoms with Crippen molar-refractivity contribution < 1.29 is 0 Å². The summed E-state index contributed by atoms with van der Waals surface area (Å²) in [6.07, 6.45) is 7.76. The Hall–Kier alpha value is -0.830. The van der Waals surface area contributed by atoms with E-state index >= 15 is 0 Å². The third-order valence-corrected chi connectivity index (χ3v) is 3.23. The van der Waals surface area contributed by atoms with Gasteiger partial charge in [0.25, 0.3) is 0 Å². The molecule has 0 radical (unpaired) electrons. The normalized spacial score (nSPS) is 20.1. The number of hydrogen-bond acceptors (Lipinski definition) is 2. The Kier molecular flexibility index (Phi) is 3.19.